The Morgan fingerprint density at radius 1 is 1.65 bits per heavy atom. The minimum absolute atomic E-state index is 0.113. The van der Waals surface area contributed by atoms with Crippen LogP contribution in [0.15, 0.2) is 15.9 Å². The molecule has 1 aliphatic rings. The van der Waals surface area contributed by atoms with Crippen molar-refractivity contribution in [2.24, 2.45) is 5.92 Å². The summed E-state index contributed by atoms with van der Waals surface area (Å²) in [6.07, 6.45) is 2.65. The molecule has 2 rings (SSSR count). The van der Waals surface area contributed by atoms with Crippen LogP contribution in [-0.2, 0) is 11.2 Å². The quantitative estimate of drug-likeness (QED) is 0.907. The van der Waals surface area contributed by atoms with Gasteiger partial charge in [0.25, 0.3) is 0 Å². The van der Waals surface area contributed by atoms with E-state index < -0.39 is 5.97 Å². The van der Waals surface area contributed by atoms with Gasteiger partial charge in [0.05, 0.1) is 5.92 Å². The second kappa shape index (κ2) is 5.50. The number of carbonyl (C=O) groups is 1. The third kappa shape index (κ3) is 3.30. The Labute approximate surface area is 114 Å². The number of halogens is 1. The molecule has 0 aliphatic heterocycles. The highest BCUT2D eigenvalue weighted by atomic mass is 79.9. The Morgan fingerprint density at radius 2 is 2.35 bits per heavy atom. The normalized spacial score (nSPS) is 23.7. The highest BCUT2D eigenvalue weighted by Crippen LogP contribution is 2.31. The summed E-state index contributed by atoms with van der Waals surface area (Å²) in [6, 6.07) is 2.61. The number of thiophene rings is 1. The van der Waals surface area contributed by atoms with Crippen molar-refractivity contribution in [2.75, 3.05) is 13.6 Å². The summed E-state index contributed by atoms with van der Waals surface area (Å²) in [5.74, 6) is -0.754. The summed E-state index contributed by atoms with van der Waals surface area (Å²) in [5, 5.41) is 10.9. The number of rotatable bonds is 5. The van der Waals surface area contributed by atoms with Crippen LogP contribution in [0.3, 0.4) is 0 Å². The van der Waals surface area contributed by atoms with E-state index in [9.17, 15) is 4.79 Å². The lowest BCUT2D eigenvalue weighted by atomic mass is 9.79. The average molecular weight is 318 g/mol. The molecule has 1 fully saturated rings. The van der Waals surface area contributed by atoms with E-state index in [1.807, 2.05) is 0 Å². The van der Waals surface area contributed by atoms with E-state index in [4.69, 9.17) is 5.11 Å². The lowest BCUT2D eigenvalue weighted by molar-refractivity contribution is -0.146. The maximum absolute atomic E-state index is 10.7. The second-order valence-electron chi connectivity index (χ2n) is 4.62. The zero-order valence-electron chi connectivity index (χ0n) is 9.73. The van der Waals surface area contributed by atoms with E-state index >= 15 is 0 Å². The minimum atomic E-state index is -0.642. The zero-order valence-corrected chi connectivity index (χ0v) is 12.1. The van der Waals surface area contributed by atoms with E-state index in [1.54, 1.807) is 11.3 Å². The fourth-order valence-electron chi connectivity index (χ4n) is 2.10. The topological polar surface area (TPSA) is 40.5 Å². The fourth-order valence-corrected chi connectivity index (χ4v) is 3.55. The Morgan fingerprint density at radius 3 is 2.88 bits per heavy atom. The Balaban J connectivity index is 1.72. The number of carboxylic acids is 1. The van der Waals surface area contributed by atoms with Crippen molar-refractivity contribution >= 4 is 33.2 Å². The molecule has 17 heavy (non-hydrogen) atoms. The van der Waals surface area contributed by atoms with Crippen LogP contribution in [0.4, 0.5) is 0 Å². The molecule has 0 bridgehead atoms. The molecule has 0 atom stereocenters. The smallest absolute Gasteiger partial charge is 0.306 e. The first-order valence-electron chi connectivity index (χ1n) is 5.72. The number of hydrogen-bond donors (Lipinski definition) is 1. The summed E-state index contributed by atoms with van der Waals surface area (Å²) in [7, 11) is 2.09. The predicted molar refractivity (Wildman–Crippen MR) is 72.5 cm³/mol. The van der Waals surface area contributed by atoms with Gasteiger partial charge >= 0.3 is 5.97 Å². The van der Waals surface area contributed by atoms with Gasteiger partial charge in [-0.25, -0.2) is 0 Å². The van der Waals surface area contributed by atoms with Gasteiger partial charge in [0.1, 0.15) is 0 Å². The molecule has 1 aliphatic carbocycles. The molecule has 0 unspecified atom stereocenters. The minimum Gasteiger partial charge on any atom is -0.481 e. The number of aliphatic carboxylic acids is 1. The molecule has 3 nitrogen and oxygen atoms in total. The molecule has 0 radical (unpaired) electrons. The maximum Gasteiger partial charge on any atom is 0.306 e. The summed E-state index contributed by atoms with van der Waals surface area (Å²) < 4.78 is 1.15. The molecule has 1 heterocycles. The van der Waals surface area contributed by atoms with Gasteiger partial charge < -0.3 is 10.0 Å². The highest BCUT2D eigenvalue weighted by Gasteiger charge is 2.36. The number of hydrogen-bond acceptors (Lipinski definition) is 3. The van der Waals surface area contributed by atoms with Gasteiger partial charge in [-0.15, -0.1) is 11.3 Å². The van der Waals surface area contributed by atoms with Crippen molar-refractivity contribution in [3.63, 3.8) is 0 Å². The van der Waals surface area contributed by atoms with Crippen LogP contribution in [-0.4, -0.2) is 35.6 Å². The molecule has 1 aromatic rings. The van der Waals surface area contributed by atoms with Crippen molar-refractivity contribution in [2.45, 2.75) is 25.3 Å². The highest BCUT2D eigenvalue weighted by molar-refractivity contribution is 9.10. The molecular weight excluding hydrogens is 302 g/mol. The van der Waals surface area contributed by atoms with E-state index in [2.05, 4.69) is 39.3 Å². The Kier molecular flexibility index (Phi) is 4.22. The predicted octanol–water partition coefficient (Wildman–Crippen LogP) is 2.85. The molecule has 1 N–H and O–H groups in total. The van der Waals surface area contributed by atoms with Crippen LogP contribution >= 0.6 is 27.3 Å². The van der Waals surface area contributed by atoms with Crippen LogP contribution in [0.2, 0.25) is 0 Å². The van der Waals surface area contributed by atoms with Gasteiger partial charge in [0.2, 0.25) is 0 Å². The summed E-state index contributed by atoms with van der Waals surface area (Å²) in [6.45, 7) is 1.00. The third-order valence-electron chi connectivity index (χ3n) is 3.42. The molecular formula is C12H16BrNO2S. The van der Waals surface area contributed by atoms with Crippen LogP contribution in [0.1, 0.15) is 17.7 Å². The number of carboxylic acid groups (broad SMARTS) is 1. The Bertz CT molecular complexity index is 401. The molecule has 1 aromatic heterocycles. The van der Waals surface area contributed by atoms with Gasteiger partial charge in [-0.2, -0.15) is 0 Å². The van der Waals surface area contributed by atoms with Crippen LogP contribution in [0.5, 0.6) is 0 Å². The Hall–Kier alpha value is -0.390. The van der Waals surface area contributed by atoms with Crippen molar-refractivity contribution in [1.82, 2.24) is 4.90 Å². The van der Waals surface area contributed by atoms with Gasteiger partial charge in [0, 0.05) is 27.3 Å². The van der Waals surface area contributed by atoms with Gasteiger partial charge in [-0.1, -0.05) is 0 Å². The van der Waals surface area contributed by atoms with Gasteiger partial charge in [-0.3, -0.25) is 4.79 Å². The second-order valence-corrected chi connectivity index (χ2v) is 6.53. The monoisotopic (exact) mass is 317 g/mol. The van der Waals surface area contributed by atoms with E-state index in [0.717, 1.165) is 30.3 Å². The van der Waals surface area contributed by atoms with Crippen LogP contribution in [0.25, 0.3) is 0 Å². The first kappa shape index (κ1) is 13.1. The largest absolute Gasteiger partial charge is 0.481 e. The van der Waals surface area contributed by atoms with Gasteiger partial charge in [-0.05, 0) is 48.3 Å². The summed E-state index contributed by atoms with van der Waals surface area (Å²) in [5.41, 5.74) is 0. The van der Waals surface area contributed by atoms with E-state index in [1.165, 1.54) is 4.88 Å². The SMILES string of the molecule is CN(CCc1cc(Br)cs1)C1CC(C(=O)O)C1. The van der Waals surface area contributed by atoms with Crippen LogP contribution in [0, 0.1) is 5.92 Å². The van der Waals surface area contributed by atoms with Crippen molar-refractivity contribution in [1.29, 1.82) is 0 Å². The summed E-state index contributed by atoms with van der Waals surface area (Å²) in [4.78, 5) is 14.4. The van der Waals surface area contributed by atoms with Crippen molar-refractivity contribution < 1.29 is 9.90 Å². The van der Waals surface area contributed by atoms with Crippen LogP contribution < -0.4 is 0 Å². The summed E-state index contributed by atoms with van der Waals surface area (Å²) >= 11 is 5.21. The molecule has 0 aromatic carbocycles. The van der Waals surface area contributed by atoms with Crippen molar-refractivity contribution in [3.8, 4) is 0 Å². The fraction of sp³-hybridized carbons (Fsp3) is 0.583. The van der Waals surface area contributed by atoms with Crippen molar-refractivity contribution in [3.05, 3.63) is 20.8 Å². The van der Waals surface area contributed by atoms with Gasteiger partial charge in [0.15, 0.2) is 0 Å². The first-order valence-corrected chi connectivity index (χ1v) is 7.39. The number of likely N-dealkylation sites (N-methyl/N-ethyl adjacent to an activating group) is 1. The first-order chi connectivity index (χ1) is 8.06. The molecule has 5 heteroatoms. The lowest BCUT2D eigenvalue weighted by Crippen LogP contribution is -2.45. The third-order valence-corrected chi connectivity index (χ3v) is 5.18. The lowest BCUT2D eigenvalue weighted by Gasteiger charge is -2.39. The molecule has 0 spiro atoms. The number of nitrogens with zero attached hydrogens (tertiary/aromatic N) is 1. The van der Waals surface area contributed by atoms with E-state index in [-0.39, 0.29) is 5.92 Å². The molecule has 0 amide bonds. The van der Waals surface area contributed by atoms with E-state index in [0.29, 0.717) is 6.04 Å². The molecule has 94 valence electrons. The average Bonchev–Trinajstić information content (AvgIpc) is 2.58. The maximum atomic E-state index is 10.7. The molecule has 0 saturated heterocycles. The standard InChI is InChI=1S/C12H16BrNO2S/c1-14(10-4-8(5-10)12(15)16)3-2-11-6-9(13)7-17-11/h6-8,10H,2-5H2,1H3,(H,15,16). The zero-order chi connectivity index (χ0) is 12.4. The molecule has 1 saturated carbocycles.